The van der Waals surface area contributed by atoms with E-state index in [1.165, 1.54) is 13.8 Å². The van der Waals surface area contributed by atoms with E-state index in [1.807, 2.05) is 114 Å². The van der Waals surface area contributed by atoms with Gasteiger partial charge in [0.25, 0.3) is 0 Å². The van der Waals surface area contributed by atoms with Crippen molar-refractivity contribution in [2.75, 3.05) is 26.2 Å². The maximum Gasteiger partial charge on any atom is 0.246 e. The van der Waals surface area contributed by atoms with Crippen LogP contribution in [0.1, 0.15) is 157 Å². The third-order valence-corrected chi connectivity index (χ3v) is 15.9. The van der Waals surface area contributed by atoms with Crippen LogP contribution in [0, 0.1) is 41.4 Å². The lowest BCUT2D eigenvalue weighted by Gasteiger charge is -2.30. The van der Waals surface area contributed by atoms with Gasteiger partial charge in [0.2, 0.25) is 29.5 Å². The highest BCUT2D eigenvalue weighted by atomic mass is 16.2. The summed E-state index contributed by atoms with van der Waals surface area (Å²) in [5.41, 5.74) is 25.9. The zero-order valence-corrected chi connectivity index (χ0v) is 51.6. The van der Waals surface area contributed by atoms with Crippen molar-refractivity contribution < 1.29 is 43.2 Å². The zero-order valence-electron chi connectivity index (χ0n) is 51.6. The van der Waals surface area contributed by atoms with Gasteiger partial charge < -0.3 is 48.7 Å². The smallest absolute Gasteiger partial charge is 0.246 e. The van der Waals surface area contributed by atoms with Crippen LogP contribution in [-0.4, -0.2) is 131 Å². The number of ketones is 4. The van der Waals surface area contributed by atoms with E-state index in [4.69, 9.17) is 22.9 Å². The van der Waals surface area contributed by atoms with Crippen LogP contribution in [0.15, 0.2) is 72.8 Å². The number of amides is 5. The monoisotopic (exact) mass is 1150 g/mol. The fourth-order valence-corrected chi connectivity index (χ4v) is 10.8. The third kappa shape index (κ3) is 25.0. The van der Waals surface area contributed by atoms with Crippen molar-refractivity contribution in [2.24, 2.45) is 64.4 Å². The van der Waals surface area contributed by atoms with E-state index in [0.717, 1.165) is 24.0 Å². The van der Waals surface area contributed by atoms with E-state index in [9.17, 15) is 43.2 Å². The van der Waals surface area contributed by atoms with Crippen molar-refractivity contribution in [1.29, 1.82) is 0 Å². The highest BCUT2D eigenvalue weighted by Gasteiger charge is 2.41. The molecule has 0 unspecified atom stereocenters. The van der Waals surface area contributed by atoms with E-state index >= 15 is 0 Å². The molecule has 0 saturated carbocycles. The van der Waals surface area contributed by atoms with Gasteiger partial charge in [-0.2, -0.15) is 0 Å². The van der Waals surface area contributed by atoms with Crippen LogP contribution >= 0.6 is 0 Å². The van der Waals surface area contributed by atoms with Crippen molar-refractivity contribution in [1.82, 2.24) is 25.8 Å². The maximum atomic E-state index is 13.9. The van der Waals surface area contributed by atoms with E-state index in [0.29, 0.717) is 89.9 Å². The molecule has 0 radical (unpaired) electrons. The number of hydrogen-bond donors (Lipinski definition) is 7. The lowest BCUT2D eigenvalue weighted by atomic mass is 9.87. The van der Waals surface area contributed by atoms with E-state index in [1.54, 1.807) is 9.80 Å². The van der Waals surface area contributed by atoms with Gasteiger partial charge in [0, 0.05) is 63.3 Å². The van der Waals surface area contributed by atoms with E-state index < -0.39 is 54.0 Å². The molecular weight excluding hydrogens is 1050 g/mol. The lowest BCUT2D eigenvalue weighted by molar-refractivity contribution is -0.142. The number of hydrogen-bond acceptors (Lipinski definition) is 13. The van der Waals surface area contributed by atoms with E-state index in [-0.39, 0.29) is 95.7 Å². The number of carbonyl (C=O) groups excluding carboxylic acids is 9. The van der Waals surface area contributed by atoms with Gasteiger partial charge in [-0.25, -0.2) is 0 Å². The summed E-state index contributed by atoms with van der Waals surface area (Å²) in [4.78, 5) is 120. The number of carbonyl (C=O) groups is 9. The molecule has 0 aromatic heterocycles. The molecule has 2 aliphatic rings. The summed E-state index contributed by atoms with van der Waals surface area (Å²) >= 11 is 0. The molecule has 2 saturated heterocycles. The van der Waals surface area contributed by atoms with Crippen molar-refractivity contribution in [3.8, 4) is 0 Å². The Morgan fingerprint density at radius 2 is 0.964 bits per heavy atom. The molecule has 2 aliphatic heterocycles. The molecule has 10 atom stereocenters. The fraction of sp³-hybridized carbons (Fsp3) is 0.646. The Morgan fingerprint density at radius 3 is 1.37 bits per heavy atom. The normalized spacial score (nSPS) is 18.2. The summed E-state index contributed by atoms with van der Waals surface area (Å²) < 4.78 is 0. The Hall–Kier alpha value is -5.95. The van der Waals surface area contributed by atoms with Gasteiger partial charge in [-0.05, 0) is 119 Å². The highest BCUT2D eigenvalue weighted by Crippen LogP contribution is 2.28. The average molecular weight is 1150 g/mol. The molecular formula is C65H103N9O9. The molecule has 83 heavy (non-hydrogen) atoms. The first kappa shape index (κ1) is 71.3. The average Bonchev–Trinajstić information content (AvgIpc) is 4.34. The Balaban J connectivity index is 0.000000435. The molecule has 18 nitrogen and oxygen atoms in total. The number of rotatable bonds is 34. The zero-order chi connectivity index (χ0) is 61.9. The standard InChI is InChI=1S/C33H52N4O4.C32H51N5O5/c1-22(2)19-27(34)16-15-26(20-25-11-7-6-8-12-25)33(41)37-18-10-14-30(37)31(39)21-28(23(3)4)32(40)36-17-9-13-29(35)24(5)38;1-20(2)17-26(34)31(41)36-27(18-23-11-7-6-8-12-23)32(42)37-16-10-14-28(37)29(39)19-24(21(3)4)30(40)35-15-9-13-25(33)22(5)38/h6-8,11-12,15-16,22-23,26-30H,9-10,13-14,17-21,34-35H2,1-5H3,(H,36,40);6-8,11-12,20-21,24-28H,9-10,13-19,33-34H2,1-5H3,(H,35,40)(H,36,41)/b16-15+;/t26-,27-,28+,29+,30+;24-,25-,26-,27+,28-/m10/s1. The van der Waals surface area contributed by atoms with Gasteiger partial charge in [-0.3, -0.25) is 43.2 Å². The first-order valence-corrected chi connectivity index (χ1v) is 30.5. The Labute approximate surface area is 495 Å². The Bertz CT molecular complexity index is 2420. The summed E-state index contributed by atoms with van der Waals surface area (Å²) in [7, 11) is 0. The lowest BCUT2D eigenvalue weighted by Crippen LogP contribution is -2.55. The van der Waals surface area contributed by atoms with Crippen molar-refractivity contribution in [3.05, 3.63) is 83.9 Å². The Kier molecular flexibility index (Phi) is 31.5. The number of nitrogens with one attached hydrogen (secondary N) is 3. The number of likely N-dealkylation sites (tertiary alicyclic amines) is 2. The number of nitrogens with two attached hydrogens (primary N) is 4. The molecule has 18 heteroatoms. The molecule has 0 bridgehead atoms. The van der Waals surface area contributed by atoms with Crippen molar-refractivity contribution in [3.63, 3.8) is 0 Å². The second-order valence-corrected chi connectivity index (χ2v) is 24.7. The van der Waals surface area contributed by atoms with Crippen LogP contribution in [0.5, 0.6) is 0 Å². The molecule has 462 valence electrons. The van der Waals surface area contributed by atoms with Crippen LogP contribution in [0.25, 0.3) is 0 Å². The SMILES string of the molecule is CC(=O)[C@@H](N)CCCNC(=O)[C@@H](CC(=O)[C@@H]1CCCN1C(=O)[C@@H](Cc1ccccc1)NC(=O)[C@@H](N)CC(C)C)C(C)C.CC(=O)[C@@H](N)CCCNC(=O)[C@@H](CC(=O)[C@@H]1CCCN1C(=O)[C@H](/C=C/[C@@H](N)CC(C)C)Cc1ccccc1)C(C)C. The molecule has 5 amide bonds. The predicted molar refractivity (Wildman–Crippen MR) is 327 cm³/mol. The second-order valence-electron chi connectivity index (χ2n) is 24.7. The highest BCUT2D eigenvalue weighted by molar-refractivity contribution is 5.96. The molecule has 4 rings (SSSR count). The predicted octanol–water partition coefficient (Wildman–Crippen LogP) is 5.93. The van der Waals surface area contributed by atoms with E-state index in [2.05, 4.69) is 29.8 Å². The maximum absolute atomic E-state index is 13.9. The van der Waals surface area contributed by atoms with Gasteiger partial charge in [-0.15, -0.1) is 0 Å². The minimum atomic E-state index is -0.864. The molecule has 2 heterocycles. The van der Waals surface area contributed by atoms with Crippen LogP contribution in [0.3, 0.4) is 0 Å². The van der Waals surface area contributed by atoms with Crippen LogP contribution in [0.2, 0.25) is 0 Å². The molecule has 2 aromatic rings. The Morgan fingerprint density at radius 1 is 0.542 bits per heavy atom. The van der Waals surface area contributed by atoms with Gasteiger partial charge in [-0.1, -0.05) is 128 Å². The summed E-state index contributed by atoms with van der Waals surface area (Å²) in [6.07, 6.45) is 10.8. The summed E-state index contributed by atoms with van der Waals surface area (Å²) in [6, 6.07) is 15.3. The molecule has 0 spiro atoms. The minimum absolute atomic E-state index is 0.0138. The quantitative estimate of drug-likeness (QED) is 0.0316. The molecule has 0 aliphatic carbocycles. The largest absolute Gasteiger partial charge is 0.356 e. The third-order valence-electron chi connectivity index (χ3n) is 15.9. The van der Waals surface area contributed by atoms with Gasteiger partial charge >= 0.3 is 0 Å². The topological polar surface area (TPSA) is 300 Å². The summed E-state index contributed by atoms with van der Waals surface area (Å²) in [6.45, 7) is 20.5. The van der Waals surface area contributed by atoms with Crippen LogP contribution < -0.4 is 38.9 Å². The van der Waals surface area contributed by atoms with Crippen molar-refractivity contribution >= 4 is 52.7 Å². The minimum Gasteiger partial charge on any atom is -0.356 e. The van der Waals surface area contributed by atoms with Gasteiger partial charge in [0.1, 0.15) is 17.6 Å². The van der Waals surface area contributed by atoms with Gasteiger partial charge in [0.05, 0.1) is 36.1 Å². The van der Waals surface area contributed by atoms with Crippen molar-refractivity contribution in [2.45, 2.75) is 201 Å². The number of Topliss-reactive ketones (excluding diaryl/α,β-unsaturated/α-hetero) is 4. The molecule has 2 fully saturated rings. The summed E-state index contributed by atoms with van der Waals surface area (Å²) in [5.74, 6) is -2.48. The summed E-state index contributed by atoms with van der Waals surface area (Å²) in [5, 5.41) is 8.66. The molecule has 2 aromatic carbocycles. The second kappa shape index (κ2) is 36.7. The fourth-order valence-electron chi connectivity index (χ4n) is 10.8. The van der Waals surface area contributed by atoms with Gasteiger partial charge in [0.15, 0.2) is 11.6 Å². The first-order valence-electron chi connectivity index (χ1n) is 30.5. The molecule has 11 N–H and O–H groups in total. The van der Waals surface area contributed by atoms with Crippen LogP contribution in [-0.2, 0) is 56.0 Å². The number of benzene rings is 2. The first-order chi connectivity index (χ1) is 39.2. The number of nitrogens with zero attached hydrogens (tertiary/aromatic N) is 2. The van der Waals surface area contributed by atoms with Crippen LogP contribution in [0.4, 0.5) is 0 Å².